The third-order valence-electron chi connectivity index (χ3n) is 5.20. The van der Waals surface area contributed by atoms with Crippen LogP contribution in [0, 0.1) is 0 Å². The third-order valence-corrected chi connectivity index (χ3v) is 5.20. The molecule has 0 saturated carbocycles. The number of halogens is 1. The average Bonchev–Trinajstić information content (AvgIpc) is 3.42. The van der Waals surface area contributed by atoms with Crippen LogP contribution in [0.5, 0.6) is 11.5 Å². The highest BCUT2D eigenvalue weighted by molar-refractivity contribution is 14.0. The molecule has 10 heteroatoms. The van der Waals surface area contributed by atoms with Crippen molar-refractivity contribution in [2.45, 2.75) is 39.3 Å². The number of aromatic nitrogens is 3. The van der Waals surface area contributed by atoms with Crippen molar-refractivity contribution in [3.8, 4) is 11.5 Å². The van der Waals surface area contributed by atoms with Gasteiger partial charge in [-0.15, -0.1) is 34.2 Å². The first-order valence-corrected chi connectivity index (χ1v) is 10.6. The molecule has 1 aliphatic rings. The number of aliphatic imine (C=N–C) groups is 1. The van der Waals surface area contributed by atoms with Gasteiger partial charge in [0.2, 0.25) is 0 Å². The fourth-order valence-corrected chi connectivity index (χ4v) is 3.61. The Morgan fingerprint density at radius 1 is 1.19 bits per heavy atom. The van der Waals surface area contributed by atoms with Crippen LogP contribution in [0.3, 0.4) is 0 Å². The van der Waals surface area contributed by atoms with E-state index in [-0.39, 0.29) is 24.0 Å². The highest BCUT2D eigenvalue weighted by Crippen LogP contribution is 2.30. The van der Waals surface area contributed by atoms with Gasteiger partial charge >= 0.3 is 0 Å². The second-order valence-corrected chi connectivity index (χ2v) is 7.20. The highest BCUT2D eigenvalue weighted by atomic mass is 127. The van der Waals surface area contributed by atoms with Crippen molar-refractivity contribution < 1.29 is 9.47 Å². The summed E-state index contributed by atoms with van der Waals surface area (Å²) in [5.74, 6) is 3.44. The van der Waals surface area contributed by atoms with Crippen LogP contribution in [-0.4, -0.2) is 67.2 Å². The molecule has 31 heavy (non-hydrogen) atoms. The molecule has 1 atom stereocenters. The van der Waals surface area contributed by atoms with Crippen molar-refractivity contribution in [2.75, 3.05) is 45.3 Å². The van der Waals surface area contributed by atoms with Gasteiger partial charge in [0, 0.05) is 62.5 Å². The Labute approximate surface area is 201 Å². The normalized spacial score (nSPS) is 16.1. The van der Waals surface area contributed by atoms with Gasteiger partial charge in [0.25, 0.3) is 0 Å². The van der Waals surface area contributed by atoms with Crippen LogP contribution in [0.25, 0.3) is 0 Å². The van der Waals surface area contributed by atoms with E-state index in [1.807, 2.05) is 6.07 Å². The zero-order valence-electron chi connectivity index (χ0n) is 18.8. The molecule has 0 spiro atoms. The zero-order valence-corrected chi connectivity index (χ0v) is 21.1. The van der Waals surface area contributed by atoms with Crippen LogP contribution in [0.4, 0.5) is 5.69 Å². The largest absolute Gasteiger partial charge is 0.497 e. The molecule has 3 rings (SSSR count). The SMILES string of the molecule is CCNC(=NCCn1cnnc1CC)NC1CCN(c2cc(OC)cc(OC)c2)C1.I. The molecule has 1 aromatic heterocycles. The standard InChI is InChI=1S/C21H33N7O2.HI/c1-5-20-26-24-15-28(20)10-8-23-21(22-6-2)25-16-7-9-27(14-16)17-11-18(29-3)13-19(12-17)30-4;/h11-13,15-16H,5-10,14H2,1-4H3,(H2,22,23,25);1H. The minimum atomic E-state index is 0. The van der Waals surface area contributed by atoms with E-state index in [0.29, 0.717) is 12.6 Å². The van der Waals surface area contributed by atoms with Gasteiger partial charge in [-0.3, -0.25) is 4.99 Å². The maximum absolute atomic E-state index is 5.41. The lowest BCUT2D eigenvalue weighted by molar-refractivity contribution is 0.394. The number of nitrogens with one attached hydrogen (secondary N) is 2. The van der Waals surface area contributed by atoms with Gasteiger partial charge in [-0.25, -0.2) is 0 Å². The summed E-state index contributed by atoms with van der Waals surface area (Å²) in [4.78, 5) is 7.08. The summed E-state index contributed by atoms with van der Waals surface area (Å²) >= 11 is 0. The molecule has 2 N–H and O–H groups in total. The molecule has 0 amide bonds. The number of hydrogen-bond donors (Lipinski definition) is 2. The summed E-state index contributed by atoms with van der Waals surface area (Å²) < 4.78 is 12.9. The molecule has 1 aliphatic heterocycles. The molecule has 1 aromatic carbocycles. The van der Waals surface area contributed by atoms with Gasteiger partial charge in [0.1, 0.15) is 23.7 Å². The molecule has 2 aromatic rings. The molecule has 9 nitrogen and oxygen atoms in total. The van der Waals surface area contributed by atoms with Crippen LogP contribution < -0.4 is 25.0 Å². The van der Waals surface area contributed by atoms with Gasteiger partial charge in [-0.2, -0.15) is 0 Å². The van der Waals surface area contributed by atoms with Gasteiger partial charge in [-0.1, -0.05) is 6.92 Å². The number of nitrogens with zero attached hydrogens (tertiary/aromatic N) is 5. The quantitative estimate of drug-likeness (QED) is 0.285. The molecule has 2 heterocycles. The Balaban J connectivity index is 0.00000341. The van der Waals surface area contributed by atoms with Gasteiger partial charge < -0.3 is 29.6 Å². The fraction of sp³-hybridized carbons (Fsp3) is 0.571. The number of guanidine groups is 1. The third kappa shape index (κ3) is 6.88. The Bertz CT molecular complexity index is 821. The molecule has 0 radical (unpaired) electrons. The average molecular weight is 543 g/mol. The van der Waals surface area contributed by atoms with Gasteiger partial charge in [-0.05, 0) is 13.3 Å². The van der Waals surface area contributed by atoms with Crippen LogP contribution in [0.2, 0.25) is 0 Å². The number of methoxy groups -OCH3 is 2. The van der Waals surface area contributed by atoms with E-state index in [1.165, 1.54) is 0 Å². The lowest BCUT2D eigenvalue weighted by Gasteiger charge is -2.21. The second-order valence-electron chi connectivity index (χ2n) is 7.20. The van der Waals surface area contributed by atoms with Gasteiger partial charge in [0.05, 0.1) is 20.8 Å². The first-order chi connectivity index (χ1) is 14.7. The molecular weight excluding hydrogens is 509 g/mol. The number of hydrogen-bond acceptors (Lipinski definition) is 6. The molecule has 1 unspecified atom stereocenters. The van der Waals surface area contributed by atoms with E-state index in [9.17, 15) is 0 Å². The molecule has 1 fully saturated rings. The topological polar surface area (TPSA) is 88.8 Å². The van der Waals surface area contributed by atoms with E-state index in [2.05, 4.69) is 56.3 Å². The lowest BCUT2D eigenvalue weighted by atomic mass is 10.2. The first-order valence-electron chi connectivity index (χ1n) is 10.6. The van der Waals surface area contributed by atoms with Crippen molar-refractivity contribution in [2.24, 2.45) is 4.99 Å². The van der Waals surface area contributed by atoms with Crippen molar-refractivity contribution in [1.29, 1.82) is 0 Å². The van der Waals surface area contributed by atoms with Gasteiger partial charge in [0.15, 0.2) is 5.96 Å². The minimum absolute atomic E-state index is 0. The van der Waals surface area contributed by atoms with E-state index in [1.54, 1.807) is 20.5 Å². The summed E-state index contributed by atoms with van der Waals surface area (Å²) in [6, 6.07) is 6.31. The van der Waals surface area contributed by atoms with E-state index in [4.69, 9.17) is 14.5 Å². The Hall–Kier alpha value is -2.24. The predicted molar refractivity (Wildman–Crippen MR) is 134 cm³/mol. The Kier molecular flexibility index (Phi) is 10.2. The molecular formula is C21H34IN7O2. The zero-order chi connectivity index (χ0) is 21.3. The lowest BCUT2D eigenvalue weighted by Crippen LogP contribution is -2.44. The predicted octanol–water partition coefficient (Wildman–Crippen LogP) is 2.31. The van der Waals surface area contributed by atoms with Crippen molar-refractivity contribution >= 4 is 35.6 Å². The number of anilines is 1. The first kappa shape index (κ1) is 25.0. The maximum Gasteiger partial charge on any atom is 0.191 e. The maximum atomic E-state index is 5.41. The van der Waals surface area contributed by atoms with E-state index in [0.717, 1.165) is 68.0 Å². The molecule has 172 valence electrons. The van der Waals surface area contributed by atoms with Crippen molar-refractivity contribution in [3.05, 3.63) is 30.4 Å². The smallest absolute Gasteiger partial charge is 0.191 e. The Morgan fingerprint density at radius 2 is 1.94 bits per heavy atom. The number of benzene rings is 1. The second kappa shape index (κ2) is 12.6. The van der Waals surface area contributed by atoms with Crippen LogP contribution >= 0.6 is 24.0 Å². The molecule has 0 bridgehead atoms. The summed E-state index contributed by atoms with van der Waals surface area (Å²) in [5.41, 5.74) is 1.11. The summed E-state index contributed by atoms with van der Waals surface area (Å²) in [5, 5.41) is 15.0. The monoisotopic (exact) mass is 543 g/mol. The summed E-state index contributed by atoms with van der Waals surface area (Å²) in [6.45, 7) is 8.29. The van der Waals surface area contributed by atoms with E-state index < -0.39 is 0 Å². The van der Waals surface area contributed by atoms with Crippen LogP contribution in [0.15, 0.2) is 29.5 Å². The van der Waals surface area contributed by atoms with Crippen molar-refractivity contribution in [1.82, 2.24) is 25.4 Å². The minimum Gasteiger partial charge on any atom is -0.497 e. The van der Waals surface area contributed by atoms with Crippen molar-refractivity contribution in [3.63, 3.8) is 0 Å². The number of ether oxygens (including phenoxy) is 2. The van der Waals surface area contributed by atoms with Crippen LogP contribution in [0.1, 0.15) is 26.1 Å². The summed E-state index contributed by atoms with van der Waals surface area (Å²) in [7, 11) is 3.35. The molecule has 0 aliphatic carbocycles. The number of aryl methyl sites for hydroxylation is 1. The van der Waals surface area contributed by atoms with E-state index >= 15 is 0 Å². The number of rotatable bonds is 9. The Morgan fingerprint density at radius 3 is 2.58 bits per heavy atom. The molecule has 1 saturated heterocycles. The highest BCUT2D eigenvalue weighted by Gasteiger charge is 2.24. The summed E-state index contributed by atoms with van der Waals surface area (Å²) in [6.07, 6.45) is 3.68. The fourth-order valence-electron chi connectivity index (χ4n) is 3.61. The van der Waals surface area contributed by atoms with Crippen LogP contribution in [-0.2, 0) is 13.0 Å².